The number of aryl methyl sites for hydroxylation is 1. The van der Waals surface area contributed by atoms with Gasteiger partial charge in [0.1, 0.15) is 11.6 Å². The van der Waals surface area contributed by atoms with E-state index in [0.29, 0.717) is 5.82 Å². The fraction of sp³-hybridized carbons (Fsp3) is 0.300. The number of hydrogen-bond donors (Lipinski definition) is 2. The number of rotatable bonds is 4. The van der Waals surface area contributed by atoms with Crippen molar-refractivity contribution in [3.8, 4) is 0 Å². The Morgan fingerprint density at radius 3 is 2.78 bits per heavy atom. The Labute approximate surface area is 102 Å². The van der Waals surface area contributed by atoms with Gasteiger partial charge >= 0.3 is 0 Å². The first-order chi connectivity index (χ1) is 8.60. The summed E-state index contributed by atoms with van der Waals surface area (Å²) in [6, 6.07) is 2.78. The highest BCUT2D eigenvalue weighted by atomic mass is 19.1. The van der Waals surface area contributed by atoms with Crippen LogP contribution in [0.15, 0.2) is 18.2 Å². The number of halogens is 2. The monoisotopic (exact) mass is 254 g/mol. The van der Waals surface area contributed by atoms with Crippen molar-refractivity contribution < 1.29 is 8.78 Å². The van der Waals surface area contributed by atoms with Crippen LogP contribution in [-0.4, -0.2) is 20.2 Å². The second-order valence-corrected chi connectivity index (χ2v) is 3.78. The molecule has 0 saturated carbocycles. The highest BCUT2D eigenvalue weighted by Crippen LogP contribution is 2.20. The third kappa shape index (κ3) is 2.66. The summed E-state index contributed by atoms with van der Waals surface area (Å²) >= 11 is 0. The maximum atomic E-state index is 13.6. The van der Waals surface area contributed by atoms with E-state index in [1.54, 1.807) is 7.05 Å². The fourth-order valence-corrected chi connectivity index (χ4v) is 1.63. The maximum Gasteiger partial charge on any atom is 0.176 e. The van der Waals surface area contributed by atoms with E-state index in [9.17, 15) is 8.78 Å². The summed E-state index contributed by atoms with van der Waals surface area (Å²) in [5.74, 6) is 4.49. The van der Waals surface area contributed by atoms with Gasteiger partial charge in [-0.1, -0.05) is 6.07 Å². The standard InChI is InChI=1S/C10H12F2N6/c1-18-16-10(15-17-18)5-9(14-13)7-3-2-6(11)4-8(7)12/h2-4,9,14H,5,13H2,1H3. The molecule has 6 nitrogen and oxygen atoms in total. The van der Waals surface area contributed by atoms with Crippen LogP contribution in [0, 0.1) is 11.6 Å². The Bertz CT molecular complexity index is 541. The molecule has 0 radical (unpaired) electrons. The van der Waals surface area contributed by atoms with Gasteiger partial charge in [0.15, 0.2) is 5.82 Å². The van der Waals surface area contributed by atoms with Crippen LogP contribution in [0.5, 0.6) is 0 Å². The van der Waals surface area contributed by atoms with Crippen LogP contribution in [0.1, 0.15) is 17.4 Å². The van der Waals surface area contributed by atoms with Gasteiger partial charge in [-0.05, 0) is 11.3 Å². The van der Waals surface area contributed by atoms with Gasteiger partial charge in [0, 0.05) is 18.1 Å². The maximum absolute atomic E-state index is 13.6. The van der Waals surface area contributed by atoms with Gasteiger partial charge < -0.3 is 0 Å². The highest BCUT2D eigenvalue weighted by molar-refractivity contribution is 5.22. The average Bonchev–Trinajstić information content (AvgIpc) is 2.72. The lowest BCUT2D eigenvalue weighted by atomic mass is 10.0. The summed E-state index contributed by atoms with van der Waals surface area (Å²) in [5.41, 5.74) is 2.71. The summed E-state index contributed by atoms with van der Waals surface area (Å²) in [5, 5.41) is 11.4. The molecule has 8 heteroatoms. The van der Waals surface area contributed by atoms with Crippen LogP contribution in [0.4, 0.5) is 8.78 Å². The molecule has 1 unspecified atom stereocenters. The zero-order valence-electron chi connectivity index (χ0n) is 9.64. The van der Waals surface area contributed by atoms with Crippen LogP contribution in [0.25, 0.3) is 0 Å². The summed E-state index contributed by atoms with van der Waals surface area (Å²) in [6.45, 7) is 0. The minimum atomic E-state index is -0.665. The second-order valence-electron chi connectivity index (χ2n) is 3.78. The Balaban J connectivity index is 2.22. The molecule has 18 heavy (non-hydrogen) atoms. The number of nitrogens with two attached hydrogens (primary N) is 1. The molecule has 0 saturated heterocycles. The zero-order chi connectivity index (χ0) is 13.1. The van der Waals surface area contributed by atoms with E-state index in [4.69, 9.17) is 5.84 Å². The number of nitrogens with zero attached hydrogens (tertiary/aromatic N) is 4. The second kappa shape index (κ2) is 5.15. The van der Waals surface area contributed by atoms with E-state index in [0.717, 1.165) is 6.07 Å². The zero-order valence-corrected chi connectivity index (χ0v) is 9.64. The SMILES string of the molecule is Cn1nnc(CC(NN)c2ccc(F)cc2F)n1. The minimum Gasteiger partial charge on any atom is -0.271 e. The molecule has 2 aromatic rings. The van der Waals surface area contributed by atoms with Crippen LogP contribution in [0.3, 0.4) is 0 Å². The molecule has 0 fully saturated rings. The summed E-state index contributed by atoms with van der Waals surface area (Å²) in [4.78, 5) is 1.30. The Hall–Kier alpha value is -1.93. The van der Waals surface area contributed by atoms with Crippen LogP contribution in [0.2, 0.25) is 0 Å². The Morgan fingerprint density at radius 2 is 2.22 bits per heavy atom. The molecular weight excluding hydrogens is 242 g/mol. The van der Waals surface area contributed by atoms with Crippen molar-refractivity contribution in [1.29, 1.82) is 0 Å². The number of aromatic nitrogens is 4. The van der Waals surface area contributed by atoms with E-state index in [2.05, 4.69) is 20.8 Å². The van der Waals surface area contributed by atoms with Crippen molar-refractivity contribution >= 4 is 0 Å². The molecule has 1 atom stereocenters. The molecular formula is C10H12F2N6. The van der Waals surface area contributed by atoms with E-state index in [1.807, 2.05) is 0 Å². The highest BCUT2D eigenvalue weighted by Gasteiger charge is 2.17. The third-order valence-corrected chi connectivity index (χ3v) is 2.48. The lowest BCUT2D eigenvalue weighted by Gasteiger charge is -2.15. The topological polar surface area (TPSA) is 81.7 Å². The summed E-state index contributed by atoms with van der Waals surface area (Å²) in [6.07, 6.45) is 0.257. The molecule has 1 aromatic heterocycles. The van der Waals surface area contributed by atoms with Crippen LogP contribution >= 0.6 is 0 Å². The number of nitrogens with one attached hydrogen (secondary N) is 1. The lowest BCUT2D eigenvalue weighted by Crippen LogP contribution is -2.30. The molecule has 0 aliphatic heterocycles. The first kappa shape index (κ1) is 12.5. The van der Waals surface area contributed by atoms with E-state index < -0.39 is 17.7 Å². The van der Waals surface area contributed by atoms with Crippen molar-refractivity contribution in [3.63, 3.8) is 0 Å². The van der Waals surface area contributed by atoms with Gasteiger partial charge in [-0.2, -0.15) is 4.80 Å². The van der Waals surface area contributed by atoms with E-state index in [-0.39, 0.29) is 12.0 Å². The summed E-state index contributed by atoms with van der Waals surface area (Å²) in [7, 11) is 1.62. The molecule has 1 heterocycles. The van der Waals surface area contributed by atoms with Gasteiger partial charge in [-0.3, -0.25) is 11.3 Å². The van der Waals surface area contributed by atoms with Crippen molar-refractivity contribution in [2.24, 2.45) is 12.9 Å². The molecule has 0 bridgehead atoms. The summed E-state index contributed by atoms with van der Waals surface area (Å²) < 4.78 is 26.4. The number of hydrogen-bond acceptors (Lipinski definition) is 5. The van der Waals surface area contributed by atoms with Gasteiger partial charge in [-0.15, -0.1) is 10.2 Å². The quantitative estimate of drug-likeness (QED) is 0.603. The molecule has 1 aromatic carbocycles. The normalized spacial score (nSPS) is 12.7. The van der Waals surface area contributed by atoms with Crippen LogP contribution in [-0.2, 0) is 13.5 Å². The molecule has 0 spiro atoms. The lowest BCUT2D eigenvalue weighted by molar-refractivity contribution is 0.494. The number of tetrazole rings is 1. The van der Waals surface area contributed by atoms with E-state index >= 15 is 0 Å². The molecule has 0 amide bonds. The van der Waals surface area contributed by atoms with Crippen molar-refractivity contribution in [2.75, 3.05) is 0 Å². The number of hydrazine groups is 1. The van der Waals surface area contributed by atoms with Gasteiger partial charge in [0.05, 0.1) is 13.1 Å². The number of benzene rings is 1. The first-order valence-corrected chi connectivity index (χ1v) is 5.24. The smallest absolute Gasteiger partial charge is 0.176 e. The average molecular weight is 254 g/mol. The molecule has 96 valence electrons. The largest absolute Gasteiger partial charge is 0.271 e. The van der Waals surface area contributed by atoms with Gasteiger partial charge in [0.2, 0.25) is 0 Å². The van der Waals surface area contributed by atoms with Gasteiger partial charge in [-0.25, -0.2) is 8.78 Å². The molecule has 0 aliphatic carbocycles. The predicted octanol–water partition coefficient (Wildman–Crippen LogP) is 0.235. The van der Waals surface area contributed by atoms with Crippen molar-refractivity contribution in [1.82, 2.24) is 25.6 Å². The molecule has 0 aliphatic rings. The molecule has 2 rings (SSSR count). The van der Waals surface area contributed by atoms with E-state index in [1.165, 1.54) is 16.9 Å². The van der Waals surface area contributed by atoms with Crippen molar-refractivity contribution in [3.05, 3.63) is 41.2 Å². The van der Waals surface area contributed by atoms with Crippen LogP contribution < -0.4 is 11.3 Å². The van der Waals surface area contributed by atoms with Crippen molar-refractivity contribution in [2.45, 2.75) is 12.5 Å². The predicted molar refractivity (Wildman–Crippen MR) is 58.9 cm³/mol. The molecule has 3 N–H and O–H groups in total. The van der Waals surface area contributed by atoms with Gasteiger partial charge in [0.25, 0.3) is 0 Å². The Kier molecular flexibility index (Phi) is 3.58. The fourth-order valence-electron chi connectivity index (χ4n) is 1.63. The third-order valence-electron chi connectivity index (χ3n) is 2.48. The minimum absolute atomic E-state index is 0.256. The first-order valence-electron chi connectivity index (χ1n) is 5.24. The Morgan fingerprint density at radius 1 is 1.44 bits per heavy atom.